The molecule has 0 aromatic rings. The molecule has 0 N–H and O–H groups in total. The Bertz CT molecular complexity index is 271. The fourth-order valence-electron chi connectivity index (χ4n) is 4.21. The number of hydrogen-bond acceptors (Lipinski definition) is 3. The summed E-state index contributed by atoms with van der Waals surface area (Å²) in [4.78, 5) is 8.01. The first-order valence-electron chi connectivity index (χ1n) is 7.93. The minimum atomic E-state index is 0.871. The summed E-state index contributed by atoms with van der Waals surface area (Å²) in [5.41, 5.74) is 0. The van der Waals surface area contributed by atoms with Crippen molar-refractivity contribution < 1.29 is 0 Å². The molecule has 3 aliphatic rings. The van der Waals surface area contributed by atoms with Crippen LogP contribution in [0.2, 0.25) is 0 Å². The molecule has 3 fully saturated rings. The molecule has 3 saturated heterocycles. The number of fused-ring (bicyclic) bond motifs is 2. The van der Waals surface area contributed by atoms with E-state index in [0.717, 1.165) is 18.0 Å². The van der Waals surface area contributed by atoms with Crippen LogP contribution in [0.1, 0.15) is 32.6 Å². The van der Waals surface area contributed by atoms with E-state index in [1.807, 2.05) is 0 Å². The lowest BCUT2D eigenvalue weighted by molar-refractivity contribution is 0.102. The van der Waals surface area contributed by atoms with Gasteiger partial charge in [-0.3, -0.25) is 4.90 Å². The molecule has 3 heterocycles. The second-order valence-electron chi connectivity index (χ2n) is 6.72. The normalized spacial score (nSPS) is 35.7. The Kier molecular flexibility index (Phi) is 3.92. The minimum absolute atomic E-state index is 0.871. The molecule has 0 aromatic carbocycles. The van der Waals surface area contributed by atoms with Crippen molar-refractivity contribution in [2.75, 3.05) is 46.3 Å². The molecular weight excluding hydrogens is 222 g/mol. The van der Waals surface area contributed by atoms with E-state index >= 15 is 0 Å². The predicted molar refractivity (Wildman–Crippen MR) is 75.9 cm³/mol. The van der Waals surface area contributed by atoms with Gasteiger partial charge in [0.2, 0.25) is 0 Å². The average Bonchev–Trinajstić information content (AvgIpc) is 2.91. The van der Waals surface area contributed by atoms with Crippen LogP contribution in [0, 0.1) is 5.92 Å². The maximum absolute atomic E-state index is 2.80. The lowest BCUT2D eigenvalue weighted by Gasteiger charge is -2.37. The number of nitrogens with zero attached hydrogens (tertiary/aromatic N) is 3. The number of piperazine rings is 1. The van der Waals surface area contributed by atoms with Crippen molar-refractivity contribution in [2.24, 2.45) is 5.92 Å². The Balaban J connectivity index is 1.43. The highest BCUT2D eigenvalue weighted by atomic mass is 15.3. The third kappa shape index (κ3) is 2.59. The van der Waals surface area contributed by atoms with Gasteiger partial charge in [0, 0.05) is 31.7 Å². The van der Waals surface area contributed by atoms with E-state index in [9.17, 15) is 0 Å². The fraction of sp³-hybridized carbons (Fsp3) is 1.00. The van der Waals surface area contributed by atoms with Gasteiger partial charge in [0.25, 0.3) is 0 Å². The first-order chi connectivity index (χ1) is 8.76. The highest BCUT2D eigenvalue weighted by Gasteiger charge is 2.41. The quantitative estimate of drug-likeness (QED) is 0.750. The molecule has 0 saturated carbocycles. The summed E-state index contributed by atoms with van der Waals surface area (Å²) < 4.78 is 0. The van der Waals surface area contributed by atoms with Crippen LogP contribution in [0.3, 0.4) is 0 Å². The Labute approximate surface area is 112 Å². The summed E-state index contributed by atoms with van der Waals surface area (Å²) in [5.74, 6) is 0.975. The number of likely N-dealkylation sites (N-methyl/N-ethyl adjacent to an activating group) is 1. The van der Waals surface area contributed by atoms with Gasteiger partial charge in [-0.15, -0.1) is 0 Å². The minimum Gasteiger partial charge on any atom is -0.303 e. The maximum Gasteiger partial charge on any atom is 0.0239 e. The van der Waals surface area contributed by atoms with Crippen molar-refractivity contribution in [3.63, 3.8) is 0 Å². The van der Waals surface area contributed by atoms with Crippen molar-refractivity contribution >= 4 is 0 Å². The SMILES string of the molecule is CCCN1CCC(CN2C[C@@H]3C[C@H]2CN3C)CC1. The van der Waals surface area contributed by atoms with E-state index in [2.05, 4.69) is 28.7 Å². The molecule has 0 radical (unpaired) electrons. The van der Waals surface area contributed by atoms with Crippen LogP contribution in [0.5, 0.6) is 0 Å². The molecule has 0 aliphatic carbocycles. The van der Waals surface area contributed by atoms with Gasteiger partial charge in [-0.1, -0.05) is 6.92 Å². The Morgan fingerprint density at radius 3 is 2.39 bits per heavy atom. The molecule has 2 atom stereocenters. The van der Waals surface area contributed by atoms with E-state index in [1.165, 1.54) is 65.0 Å². The first-order valence-corrected chi connectivity index (χ1v) is 7.93. The zero-order valence-electron chi connectivity index (χ0n) is 12.1. The Morgan fingerprint density at radius 1 is 1.06 bits per heavy atom. The molecule has 2 bridgehead atoms. The molecule has 0 aromatic heterocycles. The number of piperidine rings is 1. The van der Waals surface area contributed by atoms with E-state index in [0.29, 0.717) is 0 Å². The molecule has 0 amide bonds. The molecule has 18 heavy (non-hydrogen) atoms. The molecular formula is C15H29N3. The topological polar surface area (TPSA) is 9.72 Å². The number of likely N-dealkylation sites (tertiary alicyclic amines) is 3. The highest BCUT2D eigenvalue weighted by Crippen LogP contribution is 2.31. The summed E-state index contributed by atoms with van der Waals surface area (Å²) in [6.07, 6.45) is 5.62. The van der Waals surface area contributed by atoms with Crippen LogP contribution in [0.15, 0.2) is 0 Å². The van der Waals surface area contributed by atoms with Crippen molar-refractivity contribution in [1.82, 2.24) is 14.7 Å². The fourth-order valence-corrected chi connectivity index (χ4v) is 4.21. The second-order valence-corrected chi connectivity index (χ2v) is 6.72. The van der Waals surface area contributed by atoms with Crippen molar-refractivity contribution in [1.29, 1.82) is 0 Å². The lowest BCUT2D eigenvalue weighted by atomic mass is 9.95. The van der Waals surface area contributed by atoms with Gasteiger partial charge in [0.1, 0.15) is 0 Å². The summed E-state index contributed by atoms with van der Waals surface area (Å²) in [6, 6.07) is 1.75. The summed E-state index contributed by atoms with van der Waals surface area (Å²) in [6.45, 7) is 10.3. The van der Waals surface area contributed by atoms with Gasteiger partial charge in [0.15, 0.2) is 0 Å². The zero-order valence-corrected chi connectivity index (χ0v) is 12.1. The Hall–Kier alpha value is -0.120. The van der Waals surface area contributed by atoms with Crippen LogP contribution in [-0.4, -0.2) is 73.1 Å². The molecule has 104 valence electrons. The van der Waals surface area contributed by atoms with E-state index in [-0.39, 0.29) is 0 Å². The van der Waals surface area contributed by atoms with Crippen LogP contribution in [-0.2, 0) is 0 Å². The van der Waals surface area contributed by atoms with Gasteiger partial charge >= 0.3 is 0 Å². The van der Waals surface area contributed by atoms with Crippen LogP contribution in [0.4, 0.5) is 0 Å². The molecule has 3 nitrogen and oxygen atoms in total. The summed E-state index contributed by atoms with van der Waals surface area (Å²) >= 11 is 0. The average molecular weight is 251 g/mol. The molecule has 0 spiro atoms. The highest BCUT2D eigenvalue weighted by molar-refractivity contribution is 4.98. The first kappa shape index (κ1) is 12.9. The van der Waals surface area contributed by atoms with Crippen LogP contribution >= 0.6 is 0 Å². The smallest absolute Gasteiger partial charge is 0.0239 e. The van der Waals surface area contributed by atoms with E-state index in [1.54, 1.807) is 0 Å². The number of rotatable bonds is 4. The monoisotopic (exact) mass is 251 g/mol. The molecule has 3 aliphatic heterocycles. The number of hydrogen-bond donors (Lipinski definition) is 0. The molecule has 3 heteroatoms. The van der Waals surface area contributed by atoms with Gasteiger partial charge < -0.3 is 9.80 Å². The molecule has 3 rings (SSSR count). The largest absolute Gasteiger partial charge is 0.303 e. The maximum atomic E-state index is 2.80. The third-order valence-electron chi connectivity index (χ3n) is 5.37. The lowest BCUT2D eigenvalue weighted by Crippen LogP contribution is -2.47. The van der Waals surface area contributed by atoms with Crippen LogP contribution < -0.4 is 0 Å². The van der Waals surface area contributed by atoms with Gasteiger partial charge in [-0.05, 0) is 58.3 Å². The summed E-state index contributed by atoms with van der Waals surface area (Å²) in [7, 11) is 2.30. The van der Waals surface area contributed by atoms with Crippen LogP contribution in [0.25, 0.3) is 0 Å². The van der Waals surface area contributed by atoms with Gasteiger partial charge in [-0.25, -0.2) is 0 Å². The van der Waals surface area contributed by atoms with E-state index in [4.69, 9.17) is 0 Å². The van der Waals surface area contributed by atoms with Crippen molar-refractivity contribution in [3.05, 3.63) is 0 Å². The van der Waals surface area contributed by atoms with Crippen molar-refractivity contribution in [3.8, 4) is 0 Å². The third-order valence-corrected chi connectivity index (χ3v) is 5.37. The van der Waals surface area contributed by atoms with Crippen molar-refractivity contribution in [2.45, 2.75) is 44.7 Å². The second kappa shape index (κ2) is 5.48. The summed E-state index contributed by atoms with van der Waals surface area (Å²) in [5, 5.41) is 0. The standard InChI is InChI=1S/C15H29N3/c1-3-6-17-7-4-13(5-8-17)10-18-12-14-9-15(18)11-16(14)2/h13-15H,3-12H2,1-2H3/t14-,15-/m0/s1. The van der Waals surface area contributed by atoms with E-state index < -0.39 is 0 Å². The Morgan fingerprint density at radius 2 is 1.83 bits per heavy atom. The zero-order chi connectivity index (χ0) is 12.5. The van der Waals surface area contributed by atoms with Gasteiger partial charge in [0.05, 0.1) is 0 Å². The van der Waals surface area contributed by atoms with Gasteiger partial charge in [-0.2, -0.15) is 0 Å². The molecule has 0 unspecified atom stereocenters. The predicted octanol–water partition coefficient (Wildman–Crippen LogP) is 1.50.